The van der Waals surface area contributed by atoms with E-state index in [1.165, 1.54) is 6.42 Å². The lowest BCUT2D eigenvalue weighted by atomic mass is 9.84. The molecule has 1 saturated heterocycles. The third-order valence-corrected chi connectivity index (χ3v) is 6.67. The number of amides is 2. The molecule has 148 valence electrons. The maximum Gasteiger partial charge on any atom is 0.226 e. The van der Waals surface area contributed by atoms with Gasteiger partial charge in [0.15, 0.2) is 0 Å². The summed E-state index contributed by atoms with van der Waals surface area (Å²) in [5.41, 5.74) is 1.99. The quantitative estimate of drug-likeness (QED) is 0.797. The van der Waals surface area contributed by atoms with Gasteiger partial charge in [0.25, 0.3) is 0 Å². The molecule has 1 aromatic heterocycles. The van der Waals surface area contributed by atoms with Gasteiger partial charge in [-0.25, -0.2) is 0 Å². The summed E-state index contributed by atoms with van der Waals surface area (Å²) in [5, 5.41) is 11.0. The number of piperidine rings is 1. The molecule has 2 N–H and O–H groups in total. The van der Waals surface area contributed by atoms with Crippen LogP contribution in [-0.4, -0.2) is 46.1 Å². The van der Waals surface area contributed by atoms with E-state index in [1.54, 1.807) is 0 Å². The van der Waals surface area contributed by atoms with E-state index in [9.17, 15) is 9.59 Å². The number of nitrogens with one attached hydrogen (secondary N) is 2. The van der Waals surface area contributed by atoms with Crippen molar-refractivity contribution in [2.24, 2.45) is 23.7 Å². The van der Waals surface area contributed by atoms with Gasteiger partial charge in [-0.1, -0.05) is 6.42 Å². The van der Waals surface area contributed by atoms with Crippen LogP contribution in [-0.2, 0) is 29.2 Å². The first kappa shape index (κ1) is 18.7. The van der Waals surface area contributed by atoms with Crippen LogP contribution < -0.4 is 10.6 Å². The van der Waals surface area contributed by atoms with Gasteiger partial charge in [0.1, 0.15) is 0 Å². The number of halogens is 1. The molecule has 2 amide bonds. The van der Waals surface area contributed by atoms with Crippen LogP contribution >= 0.6 is 12.4 Å². The summed E-state index contributed by atoms with van der Waals surface area (Å²) in [5.74, 6) is 2.02. The van der Waals surface area contributed by atoms with Crippen molar-refractivity contribution >= 4 is 24.2 Å². The lowest BCUT2D eigenvalue weighted by Gasteiger charge is -2.30. The highest BCUT2D eigenvalue weighted by Crippen LogP contribution is 2.48. The molecule has 2 saturated carbocycles. The fourth-order valence-electron chi connectivity index (χ4n) is 4.81. The molecule has 7 nitrogen and oxygen atoms in total. The smallest absolute Gasteiger partial charge is 0.226 e. The van der Waals surface area contributed by atoms with Gasteiger partial charge < -0.3 is 15.5 Å². The van der Waals surface area contributed by atoms with Crippen molar-refractivity contribution in [1.82, 2.24) is 25.3 Å². The number of rotatable bonds is 4. The maximum absolute atomic E-state index is 12.6. The predicted octanol–water partition coefficient (Wildman–Crippen LogP) is 0.919. The molecule has 3 heterocycles. The number of nitrogens with zero attached hydrogens (tertiary/aromatic N) is 3. The Hall–Kier alpha value is -1.60. The summed E-state index contributed by atoms with van der Waals surface area (Å²) < 4.78 is 2.02. The van der Waals surface area contributed by atoms with Gasteiger partial charge in [-0.05, 0) is 50.3 Å². The maximum atomic E-state index is 12.6. The van der Waals surface area contributed by atoms with Crippen LogP contribution in [0.3, 0.4) is 0 Å². The molecule has 5 rings (SSSR count). The third-order valence-electron chi connectivity index (χ3n) is 6.67. The van der Waals surface area contributed by atoms with Crippen LogP contribution in [0.4, 0.5) is 0 Å². The highest BCUT2D eigenvalue weighted by molar-refractivity contribution is 5.85. The Morgan fingerprint density at radius 1 is 1.19 bits per heavy atom. The zero-order chi connectivity index (χ0) is 17.7. The number of fused-ring (bicyclic) bond motifs is 2. The van der Waals surface area contributed by atoms with Gasteiger partial charge in [0.05, 0.1) is 24.5 Å². The van der Waals surface area contributed by atoms with Gasteiger partial charge in [-0.2, -0.15) is 5.10 Å². The number of aryl methyl sites for hydroxylation is 1. The summed E-state index contributed by atoms with van der Waals surface area (Å²) in [7, 11) is 0. The summed E-state index contributed by atoms with van der Waals surface area (Å²) in [6.45, 7) is 4.76. The van der Waals surface area contributed by atoms with Crippen LogP contribution in [0.15, 0.2) is 6.07 Å². The van der Waals surface area contributed by atoms with Gasteiger partial charge in [-0.15, -0.1) is 12.4 Å². The van der Waals surface area contributed by atoms with E-state index in [0.29, 0.717) is 30.8 Å². The number of hydrogen-bond donors (Lipinski definition) is 2. The molecule has 0 bridgehead atoms. The van der Waals surface area contributed by atoms with E-state index in [0.717, 1.165) is 56.8 Å². The number of hydrogen-bond acceptors (Lipinski definition) is 4. The Labute approximate surface area is 165 Å². The molecule has 1 aromatic rings. The Balaban J connectivity index is 0.00000180. The second kappa shape index (κ2) is 7.43. The fraction of sp³-hybridized carbons (Fsp3) is 0.737. The molecular weight excluding hydrogens is 366 g/mol. The number of aromatic nitrogens is 2. The van der Waals surface area contributed by atoms with Crippen molar-refractivity contribution in [2.45, 2.75) is 45.3 Å². The Morgan fingerprint density at radius 2 is 1.96 bits per heavy atom. The Morgan fingerprint density at radius 3 is 2.67 bits per heavy atom. The average Bonchev–Trinajstić information content (AvgIpc) is 2.92. The van der Waals surface area contributed by atoms with Gasteiger partial charge in [0, 0.05) is 24.9 Å². The molecule has 0 spiro atoms. The minimum Gasteiger partial charge on any atom is -0.350 e. The molecule has 0 aromatic carbocycles. The monoisotopic (exact) mass is 393 g/mol. The van der Waals surface area contributed by atoms with Crippen molar-refractivity contribution in [2.75, 3.05) is 19.6 Å². The third kappa shape index (κ3) is 3.47. The average molecular weight is 394 g/mol. The molecule has 4 aliphatic rings. The van der Waals surface area contributed by atoms with Gasteiger partial charge in [0.2, 0.25) is 11.8 Å². The lowest BCUT2D eigenvalue weighted by molar-refractivity contribution is -0.138. The summed E-state index contributed by atoms with van der Waals surface area (Å²) in [6.07, 6.45) is 4.22. The molecule has 27 heavy (non-hydrogen) atoms. The zero-order valence-electron chi connectivity index (χ0n) is 15.5. The molecule has 3 atom stereocenters. The molecule has 2 aliphatic heterocycles. The second-order valence-corrected chi connectivity index (χ2v) is 8.32. The molecule has 1 unspecified atom stereocenters. The summed E-state index contributed by atoms with van der Waals surface area (Å²) in [4.78, 5) is 26.9. The highest BCUT2D eigenvalue weighted by Gasteiger charge is 2.56. The first-order valence-electron chi connectivity index (χ1n) is 10.0. The normalized spacial score (nSPS) is 29.0. The van der Waals surface area contributed by atoms with Crippen LogP contribution in [0, 0.1) is 23.7 Å². The zero-order valence-corrected chi connectivity index (χ0v) is 16.3. The van der Waals surface area contributed by atoms with Crippen molar-refractivity contribution < 1.29 is 9.59 Å². The predicted molar refractivity (Wildman–Crippen MR) is 102 cm³/mol. The van der Waals surface area contributed by atoms with E-state index < -0.39 is 0 Å². The Kier molecular flexibility index (Phi) is 5.16. The highest BCUT2D eigenvalue weighted by atomic mass is 35.5. The van der Waals surface area contributed by atoms with Crippen molar-refractivity contribution in [3.63, 3.8) is 0 Å². The van der Waals surface area contributed by atoms with Crippen molar-refractivity contribution in [3.05, 3.63) is 17.5 Å². The van der Waals surface area contributed by atoms with Crippen LogP contribution in [0.1, 0.15) is 37.1 Å². The largest absolute Gasteiger partial charge is 0.350 e. The Bertz CT molecular complexity index is 722. The number of carbonyl (C=O) groups is 2. The van der Waals surface area contributed by atoms with E-state index in [1.807, 2.05) is 9.58 Å². The minimum absolute atomic E-state index is 0. The van der Waals surface area contributed by atoms with Crippen LogP contribution in [0.2, 0.25) is 0 Å². The molecule has 8 heteroatoms. The first-order chi connectivity index (χ1) is 12.7. The molecular formula is C19H28ClN5O2. The van der Waals surface area contributed by atoms with Crippen LogP contribution in [0.5, 0.6) is 0 Å². The standard InChI is InChI=1S/C19H27N5O2.ClH/c25-18(17-15-9-20-10-16(15)17)21-8-13-7-14-11-23(5-2-6-24(14)22-13)19(26)12-3-1-4-12;/h7,12,15-17,20H,1-6,8-11H2,(H,21,25);1H/t15-,16+,17?;. The molecule has 0 radical (unpaired) electrons. The van der Waals surface area contributed by atoms with Crippen molar-refractivity contribution in [3.8, 4) is 0 Å². The lowest BCUT2D eigenvalue weighted by Crippen LogP contribution is -2.38. The van der Waals surface area contributed by atoms with E-state index >= 15 is 0 Å². The fourth-order valence-corrected chi connectivity index (χ4v) is 4.81. The van der Waals surface area contributed by atoms with Crippen molar-refractivity contribution in [1.29, 1.82) is 0 Å². The second-order valence-electron chi connectivity index (χ2n) is 8.32. The molecule has 2 aliphatic carbocycles. The minimum atomic E-state index is 0. The van der Waals surface area contributed by atoms with E-state index in [2.05, 4.69) is 21.8 Å². The van der Waals surface area contributed by atoms with Crippen LogP contribution in [0.25, 0.3) is 0 Å². The summed E-state index contributed by atoms with van der Waals surface area (Å²) >= 11 is 0. The van der Waals surface area contributed by atoms with E-state index in [-0.39, 0.29) is 30.2 Å². The van der Waals surface area contributed by atoms with Gasteiger partial charge in [-0.3, -0.25) is 14.3 Å². The first-order valence-corrected chi connectivity index (χ1v) is 10.0. The van der Waals surface area contributed by atoms with Gasteiger partial charge >= 0.3 is 0 Å². The topological polar surface area (TPSA) is 79.3 Å². The number of carbonyl (C=O) groups excluding carboxylic acids is 2. The summed E-state index contributed by atoms with van der Waals surface area (Å²) in [6, 6.07) is 2.06. The molecule has 3 fully saturated rings. The van der Waals surface area contributed by atoms with E-state index in [4.69, 9.17) is 0 Å². The SMILES string of the molecule is Cl.O=C(NCc1cc2n(n1)CCCN(C(=O)C1CCC1)C2)C1[C@H]2CNC[C@@H]12.